The lowest BCUT2D eigenvalue weighted by Gasteiger charge is -2.35. The fraction of sp³-hybridized carbons (Fsp3) is 0.280. The van der Waals surface area contributed by atoms with Gasteiger partial charge in [0.05, 0.1) is 67.5 Å². The molecule has 3 saturated heterocycles. The summed E-state index contributed by atoms with van der Waals surface area (Å²) in [6.07, 6.45) is 11.6. The molecule has 3 N–H and O–H groups in total. The fourth-order valence-electron chi connectivity index (χ4n) is 11.5. The van der Waals surface area contributed by atoms with Crippen LogP contribution in [0.1, 0.15) is 47.6 Å². The van der Waals surface area contributed by atoms with Crippen molar-refractivity contribution < 1.29 is 24.0 Å². The molecule has 3 aliphatic heterocycles. The molecule has 9 aromatic rings. The maximum atomic E-state index is 12.5. The van der Waals surface area contributed by atoms with Crippen molar-refractivity contribution in [3.8, 4) is 39.4 Å². The summed E-state index contributed by atoms with van der Waals surface area (Å²) in [7, 11) is 0. The summed E-state index contributed by atoms with van der Waals surface area (Å²) < 4.78 is 0. The molecule has 0 spiro atoms. The van der Waals surface area contributed by atoms with Crippen LogP contribution in [-0.2, 0) is 43.2 Å². The number of hydrogen-bond donors (Lipinski definition) is 3. The molecule has 0 aliphatic carbocycles. The monoisotopic (exact) mass is 1280 g/mol. The van der Waals surface area contributed by atoms with E-state index in [0.717, 1.165) is 137 Å². The van der Waals surface area contributed by atoms with Crippen LogP contribution >= 0.6 is 0 Å². The number of benzene rings is 3. The van der Waals surface area contributed by atoms with Gasteiger partial charge < -0.3 is 40.4 Å². The number of nitrogens with zero attached hydrogens (tertiary/aromatic N) is 13. The molecule has 5 amide bonds. The number of pyridine rings is 6. The van der Waals surface area contributed by atoms with Crippen molar-refractivity contribution in [1.82, 2.24) is 44.6 Å². The maximum absolute atomic E-state index is 12.5. The number of aromatic nitrogens is 6. The van der Waals surface area contributed by atoms with E-state index in [1.54, 1.807) is 51.0 Å². The summed E-state index contributed by atoms with van der Waals surface area (Å²) in [5.41, 5.74) is 15.4. The van der Waals surface area contributed by atoms with Crippen LogP contribution in [0.4, 0.5) is 34.5 Å². The predicted molar refractivity (Wildman–Crippen MR) is 376 cm³/mol. The maximum Gasteiger partial charge on any atom is 0.229 e. The quantitative estimate of drug-likeness (QED) is 0.0762. The van der Waals surface area contributed by atoms with Gasteiger partial charge in [-0.1, -0.05) is 72.8 Å². The number of hydrogen-bond acceptors (Lipinski definition) is 16. The Morgan fingerprint density at radius 2 is 0.667 bits per heavy atom. The van der Waals surface area contributed by atoms with Gasteiger partial charge in [-0.3, -0.25) is 43.8 Å². The Morgan fingerprint density at radius 1 is 0.375 bits per heavy atom. The number of nitrogens with one attached hydrogen (secondary N) is 3. The number of aryl methyl sites for hydroxylation is 3. The summed E-state index contributed by atoms with van der Waals surface area (Å²) in [5, 5.41) is 17.4. The number of carbonyl (C=O) groups excluding carboxylic acids is 5. The number of anilines is 6. The van der Waals surface area contributed by atoms with Crippen LogP contribution in [0.5, 0.6) is 0 Å². The van der Waals surface area contributed by atoms with Gasteiger partial charge in [0, 0.05) is 128 Å². The van der Waals surface area contributed by atoms with E-state index in [1.165, 1.54) is 0 Å². The van der Waals surface area contributed by atoms with Crippen molar-refractivity contribution >= 4 is 64.1 Å². The van der Waals surface area contributed by atoms with Crippen LogP contribution in [-0.4, -0.2) is 159 Å². The Labute approximate surface area is 560 Å². The first-order valence-electron chi connectivity index (χ1n) is 32.2. The first-order valence-corrected chi connectivity index (χ1v) is 32.2. The molecule has 3 fully saturated rings. The molecule has 490 valence electrons. The molecular weight excluding hydrogens is 1200 g/mol. The molecule has 0 unspecified atom stereocenters. The molecule has 0 bridgehead atoms. The minimum Gasteiger partial charge on any atom is -0.368 e. The summed E-state index contributed by atoms with van der Waals surface area (Å²) in [6, 6.07) is 49.6. The van der Waals surface area contributed by atoms with Gasteiger partial charge in [-0.15, -0.1) is 0 Å². The van der Waals surface area contributed by atoms with Crippen molar-refractivity contribution in [2.75, 3.05) is 116 Å². The minimum absolute atomic E-state index is 0.0946. The molecule has 3 aliphatic rings. The third-order valence-corrected chi connectivity index (χ3v) is 16.9. The fourth-order valence-corrected chi connectivity index (χ4v) is 11.5. The van der Waals surface area contributed by atoms with E-state index in [-0.39, 0.29) is 42.4 Å². The standard InChI is InChI=1S/C25H26N6O.2C25H27N5O2/c1-19-16-22(8-10-27-19)21-4-2-20(3-5-21)17-25(32)29-24-7-6-23(18-28-24)31-14-12-30(11-9-26)13-15-31;2*1-18-15-22(9-10-26-18)21-5-3-20(4-6-21)16-25(32)28-24-8-7-23(17-27-24)30-13-11-29(12-14-30)19(2)31/h2-8,10,16,18H,11-15,17H2,1H3,(H,28,29,32);2*3-10,15,17H,11-14,16H2,1-2H3,(H,27,28,32). The Balaban J connectivity index is 0.000000157. The van der Waals surface area contributed by atoms with E-state index in [0.29, 0.717) is 56.6 Å². The van der Waals surface area contributed by atoms with E-state index in [9.17, 15) is 24.0 Å². The highest BCUT2D eigenvalue weighted by molar-refractivity contribution is 5.93. The number of nitriles is 1. The summed E-state index contributed by atoms with van der Waals surface area (Å²) >= 11 is 0. The molecule has 0 radical (unpaired) electrons. The predicted octanol–water partition coefficient (Wildman–Crippen LogP) is 9.88. The number of rotatable bonds is 16. The zero-order valence-corrected chi connectivity index (χ0v) is 55.0. The Kier molecular flexibility index (Phi) is 23.3. The third-order valence-electron chi connectivity index (χ3n) is 16.9. The molecule has 6 aromatic heterocycles. The van der Waals surface area contributed by atoms with E-state index < -0.39 is 0 Å². The second-order valence-electron chi connectivity index (χ2n) is 23.9. The topological polar surface area (TPSA) is 242 Å². The van der Waals surface area contributed by atoms with E-state index in [4.69, 9.17) is 5.26 Å². The summed E-state index contributed by atoms with van der Waals surface area (Å²) in [4.78, 5) is 98.7. The molecule has 21 heteroatoms. The first-order chi connectivity index (χ1) is 46.6. The van der Waals surface area contributed by atoms with Gasteiger partial charge in [0.1, 0.15) is 17.5 Å². The average molecular weight is 1290 g/mol. The Bertz CT molecular complexity index is 3950. The van der Waals surface area contributed by atoms with Crippen LogP contribution < -0.4 is 30.7 Å². The normalized spacial score (nSPS) is 13.8. The highest BCUT2D eigenvalue weighted by Gasteiger charge is 2.22. The zero-order valence-electron chi connectivity index (χ0n) is 55.0. The molecule has 3 aromatic carbocycles. The van der Waals surface area contributed by atoms with Crippen LogP contribution in [0.15, 0.2) is 183 Å². The van der Waals surface area contributed by atoms with Crippen LogP contribution in [0.2, 0.25) is 0 Å². The lowest BCUT2D eigenvalue weighted by atomic mass is 10.0. The second-order valence-corrected chi connectivity index (χ2v) is 23.9. The smallest absolute Gasteiger partial charge is 0.229 e. The van der Waals surface area contributed by atoms with Gasteiger partial charge in [0.15, 0.2) is 0 Å². The summed E-state index contributed by atoms with van der Waals surface area (Å²) in [6.45, 7) is 19.0. The van der Waals surface area contributed by atoms with Gasteiger partial charge in [-0.25, -0.2) is 15.0 Å². The second kappa shape index (κ2) is 33.0. The van der Waals surface area contributed by atoms with Crippen LogP contribution in [0.25, 0.3) is 33.4 Å². The zero-order chi connectivity index (χ0) is 67.3. The van der Waals surface area contributed by atoms with E-state index in [1.807, 2.05) is 176 Å². The Morgan fingerprint density at radius 3 is 0.917 bits per heavy atom. The molecule has 12 rings (SSSR count). The number of carbonyl (C=O) groups is 5. The number of amides is 5. The molecular formula is C75H80N16O5. The van der Waals surface area contributed by atoms with Gasteiger partial charge >= 0.3 is 0 Å². The molecule has 96 heavy (non-hydrogen) atoms. The average Bonchev–Trinajstić information content (AvgIpc) is 1.20. The largest absolute Gasteiger partial charge is 0.368 e. The molecule has 9 heterocycles. The SMILES string of the molecule is CC(=O)N1CCN(c2ccc(NC(=O)Cc3ccc(-c4ccnc(C)c4)cc3)nc2)CC1.CC(=O)N1CCN(c2ccc(NC(=O)Cc3ccc(-c4ccnc(C)c4)cc3)nc2)CC1.Cc1cc(-c2ccc(CC(=O)Nc3ccc(N4CCN(CC#N)CC4)cn3)cc2)ccn1. The molecule has 21 nitrogen and oxygen atoms in total. The van der Waals surface area contributed by atoms with Crippen molar-refractivity contribution in [3.05, 3.63) is 217 Å². The van der Waals surface area contributed by atoms with Crippen molar-refractivity contribution in [3.63, 3.8) is 0 Å². The first kappa shape index (κ1) is 67.6. The highest BCUT2D eigenvalue weighted by atomic mass is 16.2. The Hall–Kier alpha value is -11.2. The minimum atomic E-state index is -0.104. The van der Waals surface area contributed by atoms with E-state index >= 15 is 0 Å². The highest BCUT2D eigenvalue weighted by Crippen LogP contribution is 2.26. The lowest BCUT2D eigenvalue weighted by Crippen LogP contribution is -2.48. The van der Waals surface area contributed by atoms with Gasteiger partial charge in [-0.2, -0.15) is 5.26 Å². The lowest BCUT2D eigenvalue weighted by molar-refractivity contribution is -0.129. The van der Waals surface area contributed by atoms with Gasteiger partial charge in [0.2, 0.25) is 29.5 Å². The summed E-state index contributed by atoms with van der Waals surface area (Å²) in [5.74, 6) is 1.54. The van der Waals surface area contributed by atoms with Crippen LogP contribution in [0.3, 0.4) is 0 Å². The number of piperazine rings is 3. The van der Waals surface area contributed by atoms with Crippen molar-refractivity contribution in [1.29, 1.82) is 5.26 Å². The third kappa shape index (κ3) is 19.7. The van der Waals surface area contributed by atoms with Gasteiger partial charge in [-0.05, 0) is 144 Å². The molecule has 0 saturated carbocycles. The van der Waals surface area contributed by atoms with Crippen molar-refractivity contribution in [2.45, 2.75) is 53.9 Å². The van der Waals surface area contributed by atoms with Crippen LogP contribution in [0, 0.1) is 32.1 Å². The van der Waals surface area contributed by atoms with Gasteiger partial charge in [0.25, 0.3) is 0 Å². The van der Waals surface area contributed by atoms with Crippen molar-refractivity contribution in [2.24, 2.45) is 0 Å². The molecule has 0 atom stereocenters. The van der Waals surface area contributed by atoms with E-state index in [2.05, 4.69) is 71.5 Å².